The van der Waals surface area contributed by atoms with E-state index in [2.05, 4.69) is 25.6 Å². The van der Waals surface area contributed by atoms with Gasteiger partial charge in [0.1, 0.15) is 5.69 Å². The van der Waals surface area contributed by atoms with Crippen LogP contribution in [0.4, 0.5) is 5.13 Å². The van der Waals surface area contributed by atoms with Gasteiger partial charge < -0.3 is 21.5 Å². The van der Waals surface area contributed by atoms with Crippen LogP contribution in [-0.4, -0.2) is 48.9 Å². The number of nitrogens with zero attached hydrogens (tertiary/aromatic N) is 4. The number of imidazole rings is 1. The maximum atomic E-state index is 13.0. The number of aliphatic hydroxyl groups is 1. The lowest BCUT2D eigenvalue weighted by atomic mass is 10.0. The Kier molecular flexibility index (Phi) is 6.75. The lowest BCUT2D eigenvalue weighted by Crippen LogP contribution is -2.39. The van der Waals surface area contributed by atoms with E-state index < -0.39 is 0 Å². The summed E-state index contributed by atoms with van der Waals surface area (Å²) in [5.41, 5.74) is 8.70. The number of aromatic nitrogens is 4. The average Bonchev–Trinajstić information content (AvgIpc) is 3.33. The number of thiazole rings is 1. The second-order valence-corrected chi connectivity index (χ2v) is 9.61. The van der Waals surface area contributed by atoms with Crippen molar-refractivity contribution in [3.8, 4) is 0 Å². The zero-order chi connectivity index (χ0) is 24.4. The first-order chi connectivity index (χ1) is 16.3. The van der Waals surface area contributed by atoms with Gasteiger partial charge in [-0.25, -0.2) is 15.0 Å². The summed E-state index contributed by atoms with van der Waals surface area (Å²) in [4.78, 5) is 38.9. The number of fused-ring (bicyclic) bond motifs is 2. The second kappa shape index (κ2) is 9.74. The Bertz CT molecular complexity index is 1360. The molecule has 4 aromatic heterocycles. The quantitative estimate of drug-likeness (QED) is 0.302. The number of carbonyl (C=O) groups excluding carboxylic acids is 2. The number of aliphatic hydroxyl groups excluding tert-OH is 1. The molecule has 34 heavy (non-hydrogen) atoms. The van der Waals surface area contributed by atoms with Crippen LogP contribution >= 0.6 is 11.3 Å². The van der Waals surface area contributed by atoms with Gasteiger partial charge in [-0.3, -0.25) is 14.0 Å². The number of rotatable bonds is 8. The van der Waals surface area contributed by atoms with E-state index in [4.69, 9.17) is 5.73 Å². The number of hydrogen-bond donors (Lipinski definition) is 4. The molecule has 178 valence electrons. The summed E-state index contributed by atoms with van der Waals surface area (Å²) in [6.07, 6.45) is 4.00. The number of nitrogen functional groups attached to an aromatic ring is 1. The van der Waals surface area contributed by atoms with Crippen molar-refractivity contribution in [3.05, 3.63) is 53.1 Å². The van der Waals surface area contributed by atoms with Crippen LogP contribution in [0.5, 0.6) is 0 Å². The molecule has 0 aliphatic rings. The number of nitrogens with one attached hydrogen (secondary N) is 2. The molecule has 0 fully saturated rings. The number of nitrogens with two attached hydrogens (primary N) is 1. The lowest BCUT2D eigenvalue weighted by Gasteiger charge is -2.18. The van der Waals surface area contributed by atoms with Crippen LogP contribution in [0, 0.1) is 12.8 Å². The van der Waals surface area contributed by atoms with Gasteiger partial charge in [0.05, 0.1) is 28.6 Å². The number of pyridine rings is 2. The number of anilines is 1. The largest absolute Gasteiger partial charge is 0.394 e. The van der Waals surface area contributed by atoms with Gasteiger partial charge in [0, 0.05) is 18.9 Å². The number of carbonyl (C=O) groups is 2. The molecule has 4 heterocycles. The Morgan fingerprint density at radius 1 is 1.26 bits per heavy atom. The molecule has 0 spiro atoms. The van der Waals surface area contributed by atoms with Crippen LogP contribution in [0.3, 0.4) is 0 Å². The van der Waals surface area contributed by atoms with Crippen molar-refractivity contribution in [1.82, 2.24) is 30.0 Å². The minimum absolute atomic E-state index is 0.151. The maximum Gasteiger partial charge on any atom is 0.270 e. The lowest BCUT2D eigenvalue weighted by molar-refractivity contribution is 0.0899. The molecule has 4 rings (SSSR count). The van der Waals surface area contributed by atoms with Gasteiger partial charge in [-0.05, 0) is 43.0 Å². The summed E-state index contributed by atoms with van der Waals surface area (Å²) >= 11 is 1.34. The Balaban J connectivity index is 1.54. The first kappa shape index (κ1) is 23.6. The second-order valence-electron chi connectivity index (χ2n) is 8.54. The van der Waals surface area contributed by atoms with Gasteiger partial charge in [0.25, 0.3) is 11.8 Å². The third-order valence-corrected chi connectivity index (χ3v) is 6.19. The smallest absolute Gasteiger partial charge is 0.270 e. The molecule has 0 saturated heterocycles. The van der Waals surface area contributed by atoms with Gasteiger partial charge >= 0.3 is 0 Å². The van der Waals surface area contributed by atoms with E-state index in [0.29, 0.717) is 45.7 Å². The standard InChI is InChI=1S/C23H27N7O3S/c1-12(2)7-15(11-31)28-22(33)18-13(3)27-20-16(5-4-6-30(18)20)21(32)26-10-14-8-17-19(25-9-14)29-23(24)34-17/h4-6,8-9,12,15,31H,7,10-11H2,1-3H3,(H,26,32)(H,28,33)(H2,24,25,29)/t15-/m0/s1. The highest BCUT2D eigenvalue weighted by Gasteiger charge is 2.23. The summed E-state index contributed by atoms with van der Waals surface area (Å²) < 4.78 is 2.46. The van der Waals surface area contributed by atoms with Crippen LogP contribution in [0.2, 0.25) is 0 Å². The zero-order valence-corrected chi connectivity index (χ0v) is 20.0. The first-order valence-corrected chi connectivity index (χ1v) is 11.8. The van der Waals surface area contributed by atoms with Crippen molar-refractivity contribution in [2.45, 2.75) is 39.8 Å². The fraction of sp³-hybridized carbons (Fsp3) is 0.348. The molecule has 11 heteroatoms. The Morgan fingerprint density at radius 3 is 2.79 bits per heavy atom. The molecule has 0 aliphatic carbocycles. The Labute approximate surface area is 200 Å². The topological polar surface area (TPSA) is 148 Å². The molecule has 5 N–H and O–H groups in total. The van der Waals surface area contributed by atoms with Crippen LogP contribution < -0.4 is 16.4 Å². The van der Waals surface area contributed by atoms with E-state index in [9.17, 15) is 14.7 Å². The highest BCUT2D eigenvalue weighted by molar-refractivity contribution is 7.22. The van der Waals surface area contributed by atoms with Crippen molar-refractivity contribution in [2.24, 2.45) is 5.92 Å². The summed E-state index contributed by atoms with van der Waals surface area (Å²) in [5, 5.41) is 15.8. The molecule has 0 unspecified atom stereocenters. The predicted molar refractivity (Wildman–Crippen MR) is 131 cm³/mol. The summed E-state index contributed by atoms with van der Waals surface area (Å²) in [6.45, 7) is 5.89. The Morgan fingerprint density at radius 2 is 2.06 bits per heavy atom. The number of aryl methyl sites for hydroxylation is 1. The van der Waals surface area contributed by atoms with Gasteiger partial charge in [-0.1, -0.05) is 25.2 Å². The predicted octanol–water partition coefficient (Wildman–Crippen LogP) is 2.30. The van der Waals surface area contributed by atoms with Gasteiger partial charge in [-0.15, -0.1) is 0 Å². The first-order valence-electron chi connectivity index (χ1n) is 10.9. The molecule has 2 amide bonds. The van der Waals surface area contributed by atoms with E-state index in [1.165, 1.54) is 11.3 Å². The van der Waals surface area contributed by atoms with Crippen molar-refractivity contribution in [1.29, 1.82) is 0 Å². The highest BCUT2D eigenvalue weighted by Crippen LogP contribution is 2.23. The van der Waals surface area contributed by atoms with Crippen LogP contribution in [0.1, 0.15) is 52.4 Å². The van der Waals surface area contributed by atoms with E-state index >= 15 is 0 Å². The zero-order valence-electron chi connectivity index (χ0n) is 19.2. The molecule has 4 aromatic rings. The molecule has 0 saturated carbocycles. The van der Waals surface area contributed by atoms with E-state index in [0.717, 1.165) is 10.3 Å². The van der Waals surface area contributed by atoms with Gasteiger partial charge in [0.2, 0.25) is 0 Å². The van der Waals surface area contributed by atoms with Crippen LogP contribution in [0.25, 0.3) is 16.0 Å². The molecule has 0 aromatic carbocycles. The molecule has 0 radical (unpaired) electrons. The van der Waals surface area contributed by atoms with Gasteiger partial charge in [0.15, 0.2) is 16.4 Å². The molecular weight excluding hydrogens is 454 g/mol. The van der Waals surface area contributed by atoms with E-state index in [1.807, 2.05) is 19.9 Å². The van der Waals surface area contributed by atoms with Crippen molar-refractivity contribution in [3.63, 3.8) is 0 Å². The van der Waals surface area contributed by atoms with Crippen molar-refractivity contribution >= 4 is 44.3 Å². The fourth-order valence-electron chi connectivity index (χ4n) is 3.88. The van der Waals surface area contributed by atoms with E-state index in [-0.39, 0.29) is 31.0 Å². The summed E-state index contributed by atoms with van der Waals surface area (Å²) in [5.74, 6) is -0.342. The molecule has 0 aliphatic heterocycles. The minimum Gasteiger partial charge on any atom is -0.394 e. The molecule has 1 atom stereocenters. The SMILES string of the molecule is Cc1nc2c(C(=O)NCc3cnc4nc(N)sc4c3)cccn2c1C(=O)N[C@H](CO)CC(C)C. The van der Waals surface area contributed by atoms with Crippen LogP contribution in [-0.2, 0) is 6.54 Å². The maximum absolute atomic E-state index is 13.0. The number of amides is 2. The average molecular weight is 482 g/mol. The van der Waals surface area contributed by atoms with E-state index in [1.54, 1.807) is 35.9 Å². The molecule has 10 nitrogen and oxygen atoms in total. The molecule has 0 bridgehead atoms. The van der Waals surface area contributed by atoms with Crippen molar-refractivity contribution < 1.29 is 14.7 Å². The Hall–Kier alpha value is -3.57. The third kappa shape index (κ3) is 4.85. The van der Waals surface area contributed by atoms with Gasteiger partial charge in [-0.2, -0.15) is 0 Å². The summed E-state index contributed by atoms with van der Waals surface area (Å²) in [6, 6.07) is 4.90. The third-order valence-electron chi connectivity index (χ3n) is 5.37. The van der Waals surface area contributed by atoms with Crippen LogP contribution in [0.15, 0.2) is 30.6 Å². The molecular formula is C23H27N7O3S. The minimum atomic E-state index is -0.358. The normalized spacial score (nSPS) is 12.4. The number of hydrogen-bond acceptors (Lipinski definition) is 8. The summed E-state index contributed by atoms with van der Waals surface area (Å²) in [7, 11) is 0. The monoisotopic (exact) mass is 481 g/mol. The highest BCUT2D eigenvalue weighted by atomic mass is 32.1. The van der Waals surface area contributed by atoms with Crippen molar-refractivity contribution in [2.75, 3.05) is 12.3 Å². The fourth-order valence-corrected chi connectivity index (χ4v) is 4.64.